The van der Waals surface area contributed by atoms with Crippen molar-refractivity contribution in [3.05, 3.63) is 53.4 Å². The van der Waals surface area contributed by atoms with Crippen LogP contribution in [0.15, 0.2) is 30.3 Å². The molecule has 1 saturated heterocycles. The predicted octanol–water partition coefficient (Wildman–Crippen LogP) is 4.25. The fourth-order valence-corrected chi connectivity index (χ4v) is 3.67. The number of benzene rings is 1. The van der Waals surface area contributed by atoms with Gasteiger partial charge in [0.05, 0.1) is 0 Å². The molecule has 1 aliphatic rings. The fraction of sp³-hybridized carbons (Fsp3) is 0.381. The lowest BCUT2D eigenvalue weighted by molar-refractivity contribution is 0.0755. The van der Waals surface area contributed by atoms with E-state index in [1.54, 1.807) is 23.1 Å². The lowest BCUT2D eigenvalue weighted by Gasteiger charge is -2.20. The predicted molar refractivity (Wildman–Crippen MR) is 102 cm³/mol. The van der Waals surface area contributed by atoms with Crippen molar-refractivity contribution < 1.29 is 13.6 Å². The minimum absolute atomic E-state index is 0.0456. The molecular weight excluding hydrogens is 362 g/mol. The smallest absolute Gasteiger partial charge is 0.272 e. The molecule has 0 spiro atoms. The van der Waals surface area contributed by atoms with Gasteiger partial charge in [0.15, 0.2) is 11.5 Å². The monoisotopic (exact) mass is 384 g/mol. The van der Waals surface area contributed by atoms with E-state index in [2.05, 4.69) is 10.1 Å². The molecule has 1 amide bonds. The summed E-state index contributed by atoms with van der Waals surface area (Å²) in [6.45, 7) is 3.28. The molecule has 0 bridgehead atoms. The SMILES string of the molecule is CCc1cc(C(=O)N2CCCCCC2)nc2c(F)c(-c3ccccc3F)nn12. The number of amides is 1. The maximum absolute atomic E-state index is 15.1. The van der Waals surface area contributed by atoms with Crippen molar-refractivity contribution in [1.29, 1.82) is 0 Å². The van der Waals surface area contributed by atoms with Gasteiger partial charge >= 0.3 is 0 Å². The van der Waals surface area contributed by atoms with Crippen LogP contribution in [0.4, 0.5) is 8.78 Å². The third-order valence-electron chi connectivity index (χ3n) is 5.21. The first-order chi connectivity index (χ1) is 13.6. The molecule has 0 saturated carbocycles. The summed E-state index contributed by atoms with van der Waals surface area (Å²) in [7, 11) is 0. The van der Waals surface area contributed by atoms with Gasteiger partial charge in [-0.3, -0.25) is 4.79 Å². The highest BCUT2D eigenvalue weighted by Crippen LogP contribution is 2.27. The summed E-state index contributed by atoms with van der Waals surface area (Å²) in [6.07, 6.45) is 4.69. The Labute approximate surface area is 162 Å². The van der Waals surface area contributed by atoms with Gasteiger partial charge in [-0.2, -0.15) is 5.10 Å². The van der Waals surface area contributed by atoms with Crippen LogP contribution in [0.2, 0.25) is 0 Å². The Balaban J connectivity index is 1.81. The molecule has 5 nitrogen and oxygen atoms in total. The number of aryl methyl sites for hydroxylation is 1. The van der Waals surface area contributed by atoms with Crippen molar-refractivity contribution >= 4 is 11.6 Å². The summed E-state index contributed by atoms with van der Waals surface area (Å²) in [5.74, 6) is -1.46. The molecule has 0 aliphatic carbocycles. The first kappa shape index (κ1) is 18.5. The maximum atomic E-state index is 15.1. The molecule has 0 N–H and O–H groups in total. The standard InChI is InChI=1S/C21H22F2N4O/c1-2-14-13-17(21(28)26-11-7-3-4-8-12-26)24-20-18(23)19(25-27(14)20)15-9-5-6-10-16(15)22/h5-6,9-10,13H,2-4,7-8,11-12H2,1H3. The number of hydrogen-bond acceptors (Lipinski definition) is 3. The number of fused-ring (bicyclic) bond motifs is 1. The number of carbonyl (C=O) groups is 1. The Bertz CT molecular complexity index is 1020. The van der Waals surface area contributed by atoms with Crippen LogP contribution in [-0.2, 0) is 6.42 Å². The van der Waals surface area contributed by atoms with Crippen LogP contribution in [0.25, 0.3) is 16.9 Å². The van der Waals surface area contributed by atoms with Crippen LogP contribution in [0.1, 0.15) is 48.8 Å². The van der Waals surface area contributed by atoms with Crippen LogP contribution in [-0.4, -0.2) is 38.5 Å². The van der Waals surface area contributed by atoms with Gasteiger partial charge in [-0.05, 0) is 37.5 Å². The molecule has 7 heteroatoms. The van der Waals surface area contributed by atoms with Crippen LogP contribution in [0, 0.1) is 11.6 Å². The van der Waals surface area contributed by atoms with E-state index < -0.39 is 11.6 Å². The first-order valence-electron chi connectivity index (χ1n) is 9.72. The summed E-state index contributed by atoms with van der Waals surface area (Å²) in [6, 6.07) is 7.58. The van der Waals surface area contributed by atoms with Gasteiger partial charge in [0.25, 0.3) is 5.91 Å². The second-order valence-corrected chi connectivity index (χ2v) is 7.07. The van der Waals surface area contributed by atoms with E-state index >= 15 is 4.39 Å². The summed E-state index contributed by atoms with van der Waals surface area (Å²) in [5.41, 5.74) is 0.804. The van der Waals surface area contributed by atoms with Gasteiger partial charge in [-0.1, -0.05) is 31.9 Å². The number of nitrogens with zero attached hydrogens (tertiary/aromatic N) is 4. The third-order valence-corrected chi connectivity index (χ3v) is 5.21. The molecule has 1 fully saturated rings. The van der Waals surface area contributed by atoms with E-state index in [9.17, 15) is 9.18 Å². The molecule has 0 unspecified atom stereocenters. The third kappa shape index (κ3) is 3.25. The van der Waals surface area contributed by atoms with Gasteiger partial charge in [-0.15, -0.1) is 0 Å². The lowest BCUT2D eigenvalue weighted by Crippen LogP contribution is -2.32. The highest BCUT2D eigenvalue weighted by atomic mass is 19.1. The number of aromatic nitrogens is 3. The van der Waals surface area contributed by atoms with Crippen LogP contribution in [0.3, 0.4) is 0 Å². The van der Waals surface area contributed by atoms with Gasteiger partial charge in [0, 0.05) is 24.3 Å². The fourth-order valence-electron chi connectivity index (χ4n) is 3.67. The van der Waals surface area contributed by atoms with Crippen LogP contribution in [0.5, 0.6) is 0 Å². The number of halogens is 2. The van der Waals surface area contributed by atoms with E-state index in [-0.39, 0.29) is 28.5 Å². The minimum atomic E-state index is -0.717. The number of hydrogen-bond donors (Lipinski definition) is 0. The van der Waals surface area contributed by atoms with Crippen molar-refractivity contribution in [1.82, 2.24) is 19.5 Å². The van der Waals surface area contributed by atoms with Crippen molar-refractivity contribution in [2.45, 2.75) is 39.0 Å². The van der Waals surface area contributed by atoms with Crippen LogP contribution < -0.4 is 0 Å². The van der Waals surface area contributed by atoms with Crippen molar-refractivity contribution in [2.24, 2.45) is 0 Å². The molecule has 4 rings (SSSR count). The molecule has 28 heavy (non-hydrogen) atoms. The Morgan fingerprint density at radius 1 is 1.11 bits per heavy atom. The topological polar surface area (TPSA) is 50.5 Å². The lowest BCUT2D eigenvalue weighted by atomic mass is 10.1. The van der Waals surface area contributed by atoms with Crippen molar-refractivity contribution in [2.75, 3.05) is 13.1 Å². The first-order valence-corrected chi connectivity index (χ1v) is 9.72. The molecule has 1 aliphatic heterocycles. The highest BCUT2D eigenvalue weighted by Gasteiger charge is 2.24. The van der Waals surface area contributed by atoms with Gasteiger partial charge in [-0.25, -0.2) is 18.3 Å². The largest absolute Gasteiger partial charge is 0.337 e. The highest BCUT2D eigenvalue weighted by molar-refractivity contribution is 5.93. The molecule has 0 radical (unpaired) electrons. The van der Waals surface area contributed by atoms with E-state index in [1.165, 1.54) is 16.6 Å². The second-order valence-electron chi connectivity index (χ2n) is 7.07. The molecule has 146 valence electrons. The van der Waals surface area contributed by atoms with E-state index in [0.717, 1.165) is 25.7 Å². The van der Waals surface area contributed by atoms with Crippen LogP contribution >= 0.6 is 0 Å². The normalized spacial score (nSPS) is 15.0. The molecule has 3 aromatic rings. The average molecular weight is 384 g/mol. The second kappa shape index (κ2) is 7.66. The van der Waals surface area contributed by atoms with Gasteiger partial charge in [0.2, 0.25) is 0 Å². The number of rotatable bonds is 3. The number of carbonyl (C=O) groups excluding carboxylic acids is 1. The average Bonchev–Trinajstić information content (AvgIpc) is 2.89. The minimum Gasteiger partial charge on any atom is -0.337 e. The van der Waals surface area contributed by atoms with Gasteiger partial charge < -0.3 is 4.90 Å². The zero-order valence-electron chi connectivity index (χ0n) is 15.8. The maximum Gasteiger partial charge on any atom is 0.272 e. The molecular formula is C21H22F2N4O. The van der Waals surface area contributed by atoms with E-state index in [1.807, 2.05) is 6.92 Å². The van der Waals surface area contributed by atoms with Crippen molar-refractivity contribution in [3.8, 4) is 11.3 Å². The summed E-state index contributed by atoms with van der Waals surface area (Å²) >= 11 is 0. The summed E-state index contributed by atoms with van der Waals surface area (Å²) < 4.78 is 30.7. The van der Waals surface area contributed by atoms with Crippen molar-refractivity contribution in [3.63, 3.8) is 0 Å². The van der Waals surface area contributed by atoms with E-state index in [0.29, 0.717) is 25.2 Å². The Hall–Kier alpha value is -2.83. The molecule has 0 atom stereocenters. The van der Waals surface area contributed by atoms with Gasteiger partial charge in [0.1, 0.15) is 17.2 Å². The Kier molecular flexibility index (Phi) is 5.07. The Morgan fingerprint density at radius 2 is 1.82 bits per heavy atom. The molecule has 2 aromatic heterocycles. The summed E-state index contributed by atoms with van der Waals surface area (Å²) in [4.78, 5) is 19.0. The zero-order chi connectivity index (χ0) is 19.7. The quantitative estimate of drug-likeness (QED) is 0.678. The summed E-state index contributed by atoms with van der Waals surface area (Å²) in [5, 5.41) is 4.26. The Morgan fingerprint density at radius 3 is 2.50 bits per heavy atom. The zero-order valence-corrected chi connectivity index (χ0v) is 15.8. The van der Waals surface area contributed by atoms with E-state index in [4.69, 9.17) is 0 Å². The number of likely N-dealkylation sites (tertiary alicyclic amines) is 1. The molecule has 1 aromatic carbocycles. The molecule has 3 heterocycles.